The van der Waals surface area contributed by atoms with Gasteiger partial charge in [0.2, 0.25) is 0 Å². The first-order valence-corrected chi connectivity index (χ1v) is 8.96. The van der Waals surface area contributed by atoms with Gasteiger partial charge in [-0.3, -0.25) is 4.57 Å². The molecule has 0 bridgehead atoms. The summed E-state index contributed by atoms with van der Waals surface area (Å²) in [4.78, 5) is 9.81. The van der Waals surface area contributed by atoms with Crippen LogP contribution in [0.25, 0.3) is 0 Å². The highest BCUT2D eigenvalue weighted by Crippen LogP contribution is 2.43. The molecule has 1 aromatic rings. The maximum Gasteiger partial charge on any atom is 0.317 e. The third-order valence-electron chi connectivity index (χ3n) is 2.59. The largest absolute Gasteiger partial charge is 0.433 e. The van der Waals surface area contributed by atoms with Crippen molar-refractivity contribution in [3.63, 3.8) is 0 Å². The van der Waals surface area contributed by atoms with E-state index in [1.165, 1.54) is 0 Å². The van der Waals surface area contributed by atoms with E-state index >= 15 is 0 Å². The summed E-state index contributed by atoms with van der Waals surface area (Å²) in [5.41, 5.74) is 5.51. The quantitative estimate of drug-likeness (QED) is 0.282. The second-order valence-electron chi connectivity index (χ2n) is 4.66. The molecule has 0 spiro atoms. The molecule has 0 saturated heterocycles. The Morgan fingerprint density at radius 1 is 1.29 bits per heavy atom. The van der Waals surface area contributed by atoms with Gasteiger partial charge < -0.3 is 10.3 Å². The van der Waals surface area contributed by atoms with Crippen LogP contribution in [0.2, 0.25) is 0 Å². The molecule has 6 nitrogen and oxygen atoms in total. The first-order valence-electron chi connectivity index (χ1n) is 7.15. The molecule has 0 radical (unpaired) electrons. The van der Waals surface area contributed by atoms with E-state index in [-0.39, 0.29) is 6.04 Å². The van der Waals surface area contributed by atoms with Gasteiger partial charge in [-0.1, -0.05) is 18.2 Å². The molecular formula is C14H25N2O4P. The Morgan fingerprint density at radius 2 is 2.00 bits per heavy atom. The number of nitrogens with two attached hydrogens (primary N) is 1. The fourth-order valence-corrected chi connectivity index (χ4v) is 3.77. The number of hydrogen-bond donors (Lipinski definition) is 2. The standard InChI is InChI=1S/C14H25N2O4P/c1-3-18-19-12-13(2)16-21(17,11-7-10-15)20-14-8-5-4-6-9-14/h4-6,8-9,13H,3,7,10-12,15H2,1-2H3,(H,16,17)/t13-,21?/m0/s1. The topological polar surface area (TPSA) is 82.8 Å². The van der Waals surface area contributed by atoms with Crippen LogP contribution in [0.5, 0.6) is 5.75 Å². The Hall–Kier alpha value is -0.910. The Morgan fingerprint density at radius 3 is 2.62 bits per heavy atom. The SMILES string of the molecule is CCOOC[C@H](C)NP(=O)(CCCN)Oc1ccccc1. The molecule has 0 aliphatic carbocycles. The molecule has 1 rings (SSSR count). The van der Waals surface area contributed by atoms with E-state index in [0.29, 0.717) is 38.1 Å². The van der Waals surface area contributed by atoms with Gasteiger partial charge in [-0.05, 0) is 38.9 Å². The second kappa shape index (κ2) is 9.92. The molecule has 1 aromatic carbocycles. The van der Waals surface area contributed by atoms with E-state index in [2.05, 4.69) is 5.09 Å². The molecule has 0 saturated carbocycles. The van der Waals surface area contributed by atoms with E-state index in [0.717, 1.165) is 0 Å². The molecule has 3 N–H and O–H groups in total. The van der Waals surface area contributed by atoms with Gasteiger partial charge in [0.25, 0.3) is 0 Å². The summed E-state index contributed by atoms with van der Waals surface area (Å²) in [6.07, 6.45) is 0.994. The molecule has 1 unspecified atom stereocenters. The van der Waals surface area contributed by atoms with Gasteiger partial charge in [-0.15, -0.1) is 0 Å². The molecule has 2 atom stereocenters. The predicted octanol–water partition coefficient (Wildman–Crippen LogP) is 2.55. The Kier molecular flexibility index (Phi) is 8.57. The van der Waals surface area contributed by atoms with Gasteiger partial charge in [0.15, 0.2) is 0 Å². The van der Waals surface area contributed by atoms with Crippen LogP contribution in [0.1, 0.15) is 20.3 Å². The minimum Gasteiger partial charge on any atom is -0.433 e. The Bertz CT molecular complexity index is 430. The van der Waals surface area contributed by atoms with Crippen molar-refractivity contribution < 1.29 is 18.9 Å². The predicted molar refractivity (Wildman–Crippen MR) is 83.4 cm³/mol. The maximum atomic E-state index is 12.9. The van der Waals surface area contributed by atoms with Crippen LogP contribution in [0.3, 0.4) is 0 Å². The maximum absolute atomic E-state index is 12.9. The molecular weight excluding hydrogens is 291 g/mol. The van der Waals surface area contributed by atoms with Crippen LogP contribution in [0.4, 0.5) is 0 Å². The summed E-state index contributed by atoms with van der Waals surface area (Å²) < 4.78 is 18.6. The summed E-state index contributed by atoms with van der Waals surface area (Å²) in [6, 6.07) is 8.94. The van der Waals surface area contributed by atoms with E-state index in [4.69, 9.17) is 20.0 Å². The summed E-state index contributed by atoms with van der Waals surface area (Å²) in [5.74, 6) is 0.572. The Balaban J connectivity index is 2.62. The van der Waals surface area contributed by atoms with Gasteiger partial charge in [0.1, 0.15) is 5.75 Å². The van der Waals surface area contributed by atoms with Gasteiger partial charge in [-0.2, -0.15) is 0 Å². The first-order chi connectivity index (χ1) is 10.1. The molecule has 0 aromatic heterocycles. The molecule has 0 heterocycles. The fourth-order valence-electron chi connectivity index (χ4n) is 1.69. The zero-order valence-corrected chi connectivity index (χ0v) is 13.6. The molecule has 0 aliphatic heterocycles. The van der Waals surface area contributed by atoms with E-state index < -0.39 is 7.52 Å². The van der Waals surface area contributed by atoms with Crippen molar-refractivity contribution in [2.45, 2.75) is 26.3 Å². The van der Waals surface area contributed by atoms with Crippen LogP contribution in [0.15, 0.2) is 30.3 Å². The lowest BCUT2D eigenvalue weighted by atomic mass is 10.3. The smallest absolute Gasteiger partial charge is 0.317 e. The summed E-state index contributed by atoms with van der Waals surface area (Å²) in [6.45, 7) is 4.93. The first kappa shape index (κ1) is 18.1. The average molecular weight is 316 g/mol. The molecule has 7 heteroatoms. The summed E-state index contributed by atoms with van der Waals surface area (Å²) in [5, 5.41) is 3.01. The van der Waals surface area contributed by atoms with Crippen molar-refractivity contribution in [2.24, 2.45) is 5.73 Å². The van der Waals surface area contributed by atoms with Crippen molar-refractivity contribution in [1.29, 1.82) is 0 Å². The van der Waals surface area contributed by atoms with Gasteiger partial charge in [0.05, 0.1) is 19.4 Å². The number of rotatable bonds is 11. The minimum atomic E-state index is -3.03. The van der Waals surface area contributed by atoms with Crippen LogP contribution >= 0.6 is 7.52 Å². The molecule has 0 aliphatic rings. The van der Waals surface area contributed by atoms with Crippen molar-refractivity contribution in [2.75, 3.05) is 25.9 Å². The lowest BCUT2D eigenvalue weighted by Gasteiger charge is -2.24. The second-order valence-corrected chi connectivity index (χ2v) is 6.90. The Labute approximate surface area is 126 Å². The molecule has 21 heavy (non-hydrogen) atoms. The monoisotopic (exact) mass is 316 g/mol. The minimum absolute atomic E-state index is 0.163. The van der Waals surface area contributed by atoms with E-state index in [1.54, 1.807) is 12.1 Å². The highest BCUT2D eigenvalue weighted by molar-refractivity contribution is 7.57. The normalized spacial score (nSPS) is 15.4. The van der Waals surface area contributed by atoms with Crippen molar-refractivity contribution in [3.05, 3.63) is 30.3 Å². The highest BCUT2D eigenvalue weighted by Gasteiger charge is 2.26. The van der Waals surface area contributed by atoms with E-state index in [9.17, 15) is 4.57 Å². The third kappa shape index (κ3) is 7.60. The van der Waals surface area contributed by atoms with Crippen LogP contribution in [0, 0.1) is 0 Å². The van der Waals surface area contributed by atoms with E-state index in [1.807, 2.05) is 32.0 Å². The molecule has 0 amide bonds. The van der Waals surface area contributed by atoms with Gasteiger partial charge in [0, 0.05) is 6.04 Å². The number of benzene rings is 1. The van der Waals surface area contributed by atoms with Crippen molar-refractivity contribution >= 4 is 7.52 Å². The number of hydrogen-bond acceptors (Lipinski definition) is 5. The zero-order chi connectivity index (χ0) is 15.6. The number of nitrogens with one attached hydrogen (secondary N) is 1. The average Bonchev–Trinajstić information content (AvgIpc) is 2.46. The highest BCUT2D eigenvalue weighted by atomic mass is 31.2. The zero-order valence-electron chi connectivity index (χ0n) is 12.7. The van der Waals surface area contributed by atoms with Crippen LogP contribution < -0.4 is 15.3 Å². The van der Waals surface area contributed by atoms with Gasteiger partial charge in [-0.25, -0.2) is 14.9 Å². The van der Waals surface area contributed by atoms with Crippen LogP contribution in [-0.4, -0.2) is 32.0 Å². The van der Waals surface area contributed by atoms with Gasteiger partial charge >= 0.3 is 7.52 Å². The summed E-state index contributed by atoms with van der Waals surface area (Å²) in [7, 11) is -3.03. The lowest BCUT2D eigenvalue weighted by Crippen LogP contribution is -2.31. The van der Waals surface area contributed by atoms with Crippen molar-refractivity contribution in [3.8, 4) is 5.75 Å². The third-order valence-corrected chi connectivity index (χ3v) is 4.83. The lowest BCUT2D eigenvalue weighted by molar-refractivity contribution is -0.293. The number of para-hydroxylation sites is 1. The molecule has 120 valence electrons. The molecule has 0 fully saturated rings. The fraction of sp³-hybridized carbons (Fsp3) is 0.571. The van der Waals surface area contributed by atoms with Crippen LogP contribution in [-0.2, 0) is 14.3 Å². The van der Waals surface area contributed by atoms with Crippen molar-refractivity contribution in [1.82, 2.24) is 5.09 Å². The summed E-state index contributed by atoms with van der Waals surface area (Å²) >= 11 is 0.